The Bertz CT molecular complexity index is 425. The summed E-state index contributed by atoms with van der Waals surface area (Å²) in [4.78, 5) is 2.49. The summed E-state index contributed by atoms with van der Waals surface area (Å²) in [7, 11) is 1.73. The largest absolute Gasteiger partial charge is 0.496 e. The topological polar surface area (TPSA) is 38.5 Å². The SMILES string of the molecule is CCC1CN(Cc2cc(Br)ccc2OC)CCC1N. The van der Waals surface area contributed by atoms with Crippen LogP contribution in [0, 0.1) is 5.92 Å². The smallest absolute Gasteiger partial charge is 0.123 e. The Balaban J connectivity index is 2.06. The fourth-order valence-corrected chi connectivity index (χ4v) is 3.22. The van der Waals surface area contributed by atoms with Gasteiger partial charge in [0.1, 0.15) is 5.75 Å². The molecule has 0 radical (unpaired) electrons. The highest BCUT2D eigenvalue weighted by Gasteiger charge is 2.25. The summed E-state index contributed by atoms with van der Waals surface area (Å²) in [6.07, 6.45) is 2.25. The van der Waals surface area contributed by atoms with Crippen molar-refractivity contribution in [3.05, 3.63) is 28.2 Å². The number of methoxy groups -OCH3 is 1. The van der Waals surface area contributed by atoms with E-state index in [1.54, 1.807) is 7.11 Å². The normalized spacial score (nSPS) is 24.4. The zero-order valence-electron chi connectivity index (χ0n) is 11.7. The average molecular weight is 327 g/mol. The molecule has 0 bridgehead atoms. The number of nitrogens with zero attached hydrogens (tertiary/aromatic N) is 1. The van der Waals surface area contributed by atoms with Crippen LogP contribution in [-0.4, -0.2) is 31.1 Å². The molecule has 1 saturated heterocycles. The number of halogens is 1. The van der Waals surface area contributed by atoms with E-state index in [0.717, 1.165) is 42.7 Å². The van der Waals surface area contributed by atoms with E-state index in [1.807, 2.05) is 12.1 Å². The molecule has 3 nitrogen and oxygen atoms in total. The van der Waals surface area contributed by atoms with Crippen LogP contribution in [0.2, 0.25) is 0 Å². The second-order valence-electron chi connectivity index (χ2n) is 5.31. The van der Waals surface area contributed by atoms with Crippen LogP contribution >= 0.6 is 15.9 Å². The molecular formula is C15H23BrN2O. The Hall–Kier alpha value is -0.580. The van der Waals surface area contributed by atoms with Crippen molar-refractivity contribution in [2.24, 2.45) is 11.7 Å². The minimum atomic E-state index is 0.366. The first-order valence-corrected chi connectivity index (χ1v) is 7.73. The quantitative estimate of drug-likeness (QED) is 0.924. The molecule has 1 fully saturated rings. The summed E-state index contributed by atoms with van der Waals surface area (Å²) in [5.74, 6) is 1.58. The molecule has 1 aliphatic heterocycles. The van der Waals surface area contributed by atoms with Crippen LogP contribution < -0.4 is 10.5 Å². The van der Waals surface area contributed by atoms with E-state index in [1.165, 1.54) is 5.56 Å². The summed E-state index contributed by atoms with van der Waals surface area (Å²) >= 11 is 3.53. The molecule has 0 aromatic heterocycles. The van der Waals surface area contributed by atoms with Gasteiger partial charge in [0.05, 0.1) is 7.11 Å². The lowest BCUT2D eigenvalue weighted by Gasteiger charge is -2.36. The van der Waals surface area contributed by atoms with E-state index < -0.39 is 0 Å². The molecule has 0 amide bonds. The van der Waals surface area contributed by atoms with E-state index in [9.17, 15) is 0 Å². The summed E-state index contributed by atoms with van der Waals surface area (Å²) in [5, 5.41) is 0. The van der Waals surface area contributed by atoms with Crippen molar-refractivity contribution < 1.29 is 4.74 Å². The number of ether oxygens (including phenoxy) is 1. The Morgan fingerprint density at radius 2 is 2.26 bits per heavy atom. The van der Waals surface area contributed by atoms with Crippen LogP contribution in [0.4, 0.5) is 0 Å². The third kappa shape index (κ3) is 3.71. The molecular weight excluding hydrogens is 304 g/mol. The lowest BCUT2D eigenvalue weighted by atomic mass is 9.90. The van der Waals surface area contributed by atoms with Crippen molar-refractivity contribution in [1.82, 2.24) is 4.90 Å². The summed E-state index contributed by atoms with van der Waals surface area (Å²) in [5.41, 5.74) is 7.40. The van der Waals surface area contributed by atoms with Crippen molar-refractivity contribution in [3.8, 4) is 5.75 Å². The second kappa shape index (κ2) is 6.73. The Morgan fingerprint density at radius 3 is 2.95 bits per heavy atom. The van der Waals surface area contributed by atoms with Crippen LogP contribution in [0.5, 0.6) is 5.75 Å². The van der Waals surface area contributed by atoms with Gasteiger partial charge in [0, 0.05) is 29.2 Å². The van der Waals surface area contributed by atoms with Gasteiger partial charge in [-0.15, -0.1) is 0 Å². The molecule has 1 aliphatic rings. The van der Waals surface area contributed by atoms with E-state index in [-0.39, 0.29) is 0 Å². The maximum absolute atomic E-state index is 6.17. The monoisotopic (exact) mass is 326 g/mol. The lowest BCUT2D eigenvalue weighted by molar-refractivity contribution is 0.144. The molecule has 0 aliphatic carbocycles. The minimum absolute atomic E-state index is 0.366. The van der Waals surface area contributed by atoms with Gasteiger partial charge in [-0.2, -0.15) is 0 Å². The molecule has 2 rings (SSSR count). The van der Waals surface area contributed by atoms with Gasteiger partial charge in [0.2, 0.25) is 0 Å². The van der Waals surface area contributed by atoms with Crippen molar-refractivity contribution in [2.45, 2.75) is 32.4 Å². The molecule has 0 saturated carbocycles. The van der Waals surface area contributed by atoms with Gasteiger partial charge < -0.3 is 10.5 Å². The first-order chi connectivity index (χ1) is 9.13. The fraction of sp³-hybridized carbons (Fsp3) is 0.600. The highest BCUT2D eigenvalue weighted by molar-refractivity contribution is 9.10. The number of hydrogen-bond acceptors (Lipinski definition) is 3. The van der Waals surface area contributed by atoms with Gasteiger partial charge in [-0.25, -0.2) is 0 Å². The Morgan fingerprint density at radius 1 is 1.47 bits per heavy atom. The van der Waals surface area contributed by atoms with Crippen molar-refractivity contribution in [3.63, 3.8) is 0 Å². The first kappa shape index (κ1) is 14.8. The van der Waals surface area contributed by atoms with Crippen molar-refractivity contribution in [1.29, 1.82) is 0 Å². The zero-order chi connectivity index (χ0) is 13.8. The predicted molar refractivity (Wildman–Crippen MR) is 82.3 cm³/mol. The van der Waals surface area contributed by atoms with Crippen LogP contribution in [0.3, 0.4) is 0 Å². The molecule has 4 heteroatoms. The molecule has 1 aromatic carbocycles. The minimum Gasteiger partial charge on any atom is -0.496 e. The molecule has 0 spiro atoms. The van der Waals surface area contributed by atoms with Crippen LogP contribution in [-0.2, 0) is 6.54 Å². The van der Waals surface area contributed by atoms with E-state index >= 15 is 0 Å². The number of hydrogen-bond donors (Lipinski definition) is 1. The standard InChI is InChI=1S/C15H23BrN2O/c1-3-11-9-18(7-6-14(11)17)10-12-8-13(16)4-5-15(12)19-2/h4-5,8,11,14H,3,6-7,9-10,17H2,1-2H3. The third-order valence-corrected chi connectivity index (χ3v) is 4.53. The van der Waals surface area contributed by atoms with Crippen LogP contribution in [0.1, 0.15) is 25.3 Å². The van der Waals surface area contributed by atoms with Gasteiger partial charge in [-0.1, -0.05) is 29.3 Å². The average Bonchev–Trinajstić information content (AvgIpc) is 2.41. The van der Waals surface area contributed by atoms with Gasteiger partial charge in [-0.3, -0.25) is 4.90 Å². The maximum atomic E-state index is 6.17. The van der Waals surface area contributed by atoms with Crippen molar-refractivity contribution in [2.75, 3.05) is 20.2 Å². The van der Waals surface area contributed by atoms with E-state index in [0.29, 0.717) is 12.0 Å². The fourth-order valence-electron chi connectivity index (χ4n) is 2.81. The second-order valence-corrected chi connectivity index (χ2v) is 6.23. The van der Waals surface area contributed by atoms with Crippen molar-refractivity contribution >= 4 is 15.9 Å². The molecule has 2 unspecified atom stereocenters. The highest BCUT2D eigenvalue weighted by Crippen LogP contribution is 2.26. The van der Waals surface area contributed by atoms with E-state index in [2.05, 4.69) is 33.8 Å². The van der Waals surface area contributed by atoms with Gasteiger partial charge in [0.25, 0.3) is 0 Å². The number of likely N-dealkylation sites (tertiary alicyclic amines) is 1. The molecule has 19 heavy (non-hydrogen) atoms. The zero-order valence-corrected chi connectivity index (χ0v) is 13.3. The number of piperidine rings is 1. The molecule has 2 N–H and O–H groups in total. The van der Waals surface area contributed by atoms with E-state index in [4.69, 9.17) is 10.5 Å². The number of benzene rings is 1. The summed E-state index contributed by atoms with van der Waals surface area (Å²) in [6.45, 7) is 5.33. The third-order valence-electron chi connectivity index (χ3n) is 4.04. The molecule has 1 heterocycles. The highest BCUT2D eigenvalue weighted by atomic mass is 79.9. The summed E-state index contributed by atoms with van der Waals surface area (Å²) in [6, 6.07) is 6.55. The first-order valence-electron chi connectivity index (χ1n) is 6.94. The molecule has 2 atom stereocenters. The van der Waals surface area contributed by atoms with Crippen LogP contribution in [0.15, 0.2) is 22.7 Å². The van der Waals surface area contributed by atoms with Crippen LogP contribution in [0.25, 0.3) is 0 Å². The number of rotatable bonds is 4. The molecule has 1 aromatic rings. The Labute approximate surface area is 124 Å². The van der Waals surface area contributed by atoms with Gasteiger partial charge in [0.15, 0.2) is 0 Å². The summed E-state index contributed by atoms with van der Waals surface area (Å²) < 4.78 is 6.54. The molecule has 106 valence electrons. The number of nitrogens with two attached hydrogens (primary N) is 1. The van der Waals surface area contributed by atoms with Gasteiger partial charge >= 0.3 is 0 Å². The predicted octanol–water partition coefficient (Wildman–Crippen LogP) is 3.02. The maximum Gasteiger partial charge on any atom is 0.123 e. The van der Waals surface area contributed by atoms with Gasteiger partial charge in [-0.05, 0) is 37.1 Å². The Kier molecular flexibility index (Phi) is 5.25. The lowest BCUT2D eigenvalue weighted by Crippen LogP contribution is -2.46.